The number of hydrazone groups is 1. The van der Waals surface area contributed by atoms with Crippen molar-refractivity contribution >= 4 is 11.6 Å². The molecule has 102 valence electrons. The van der Waals surface area contributed by atoms with Gasteiger partial charge in [-0.3, -0.25) is 9.48 Å². The van der Waals surface area contributed by atoms with Gasteiger partial charge >= 0.3 is 0 Å². The predicted molar refractivity (Wildman–Crippen MR) is 71.8 cm³/mol. The van der Waals surface area contributed by atoms with Gasteiger partial charge in [-0.2, -0.15) is 10.2 Å². The topological polar surface area (TPSA) is 50.5 Å². The molecule has 5 nitrogen and oxygen atoms in total. The lowest BCUT2D eigenvalue weighted by atomic mass is 10.2. The van der Waals surface area contributed by atoms with Gasteiger partial charge in [0.2, 0.25) is 0 Å². The highest BCUT2D eigenvalue weighted by Gasteiger charge is 2.23. The first-order chi connectivity index (χ1) is 9.63. The maximum Gasteiger partial charge on any atom is 0.274 e. The quantitative estimate of drug-likeness (QED) is 0.837. The van der Waals surface area contributed by atoms with E-state index in [-0.39, 0.29) is 5.91 Å². The summed E-state index contributed by atoms with van der Waals surface area (Å²) >= 11 is 0. The van der Waals surface area contributed by atoms with E-state index < -0.39 is 5.82 Å². The Kier molecular flexibility index (Phi) is 3.06. The Bertz CT molecular complexity index is 692. The maximum atomic E-state index is 13.1. The van der Waals surface area contributed by atoms with Gasteiger partial charge in [-0.15, -0.1) is 0 Å². The van der Waals surface area contributed by atoms with Crippen LogP contribution in [0, 0.1) is 5.82 Å². The van der Waals surface area contributed by atoms with Crippen molar-refractivity contribution in [1.82, 2.24) is 14.8 Å². The summed E-state index contributed by atoms with van der Waals surface area (Å²) in [4.78, 5) is 12.2. The van der Waals surface area contributed by atoms with E-state index in [1.54, 1.807) is 16.9 Å². The van der Waals surface area contributed by atoms with E-state index in [9.17, 15) is 9.18 Å². The molecule has 0 unspecified atom stereocenters. The Morgan fingerprint density at radius 1 is 1.40 bits per heavy atom. The van der Waals surface area contributed by atoms with Crippen LogP contribution in [0.25, 0.3) is 0 Å². The number of nitrogens with zero attached hydrogens (tertiary/aromatic N) is 4. The number of hydrogen-bond donors (Lipinski definition) is 0. The highest BCUT2D eigenvalue weighted by molar-refractivity contribution is 6.04. The van der Waals surface area contributed by atoms with Crippen molar-refractivity contribution in [1.29, 1.82) is 0 Å². The molecule has 2 heterocycles. The van der Waals surface area contributed by atoms with Crippen molar-refractivity contribution in [2.45, 2.75) is 6.42 Å². The molecule has 6 heteroatoms. The Labute approximate surface area is 115 Å². The minimum Gasteiger partial charge on any atom is -0.275 e. The zero-order chi connectivity index (χ0) is 14.1. The molecule has 1 aromatic carbocycles. The van der Waals surface area contributed by atoms with Crippen molar-refractivity contribution in [2.24, 2.45) is 12.1 Å². The van der Waals surface area contributed by atoms with Crippen molar-refractivity contribution in [2.75, 3.05) is 6.54 Å². The smallest absolute Gasteiger partial charge is 0.274 e. The monoisotopic (exact) mass is 272 g/mol. The first kappa shape index (κ1) is 12.5. The fraction of sp³-hybridized carbons (Fsp3) is 0.214. The van der Waals surface area contributed by atoms with Gasteiger partial charge in [-0.25, -0.2) is 9.40 Å². The molecule has 0 fully saturated rings. The number of carbonyl (C=O) groups is 1. The molecular weight excluding hydrogens is 259 g/mol. The van der Waals surface area contributed by atoms with E-state index in [2.05, 4.69) is 10.2 Å². The summed E-state index contributed by atoms with van der Waals surface area (Å²) in [6.45, 7) is 0.500. The number of halogens is 1. The van der Waals surface area contributed by atoms with Crippen molar-refractivity contribution in [3.63, 3.8) is 0 Å². The van der Waals surface area contributed by atoms with Gasteiger partial charge in [0, 0.05) is 30.8 Å². The van der Waals surface area contributed by atoms with E-state index in [0.29, 0.717) is 18.5 Å². The van der Waals surface area contributed by atoms with Crippen LogP contribution in [-0.2, 0) is 7.05 Å². The largest absolute Gasteiger partial charge is 0.275 e. The van der Waals surface area contributed by atoms with Crippen LogP contribution in [0.15, 0.2) is 41.8 Å². The molecule has 3 rings (SSSR count). The second kappa shape index (κ2) is 4.88. The van der Waals surface area contributed by atoms with Gasteiger partial charge in [0.05, 0.1) is 18.5 Å². The number of aromatic nitrogens is 2. The van der Waals surface area contributed by atoms with Crippen LogP contribution in [0.2, 0.25) is 0 Å². The number of amides is 1. The van der Waals surface area contributed by atoms with Crippen molar-refractivity contribution in [3.05, 3.63) is 53.6 Å². The number of rotatable bonds is 2. The zero-order valence-electron chi connectivity index (χ0n) is 11.0. The Hall–Kier alpha value is -2.50. The van der Waals surface area contributed by atoms with E-state index in [0.717, 1.165) is 11.3 Å². The van der Waals surface area contributed by atoms with Gasteiger partial charge in [0.1, 0.15) is 5.82 Å². The predicted octanol–water partition coefficient (Wildman–Crippen LogP) is 1.81. The van der Waals surface area contributed by atoms with Gasteiger partial charge in [0.15, 0.2) is 0 Å². The molecule has 20 heavy (non-hydrogen) atoms. The Balaban J connectivity index is 1.82. The summed E-state index contributed by atoms with van der Waals surface area (Å²) in [7, 11) is 1.83. The van der Waals surface area contributed by atoms with Crippen LogP contribution in [0.1, 0.15) is 22.3 Å². The zero-order valence-corrected chi connectivity index (χ0v) is 11.0. The maximum absolute atomic E-state index is 13.1. The van der Waals surface area contributed by atoms with Crippen molar-refractivity contribution in [3.8, 4) is 0 Å². The van der Waals surface area contributed by atoms with Gasteiger partial charge in [0.25, 0.3) is 5.91 Å². The van der Waals surface area contributed by atoms with E-state index in [4.69, 9.17) is 0 Å². The van der Waals surface area contributed by atoms with Gasteiger partial charge < -0.3 is 0 Å². The molecule has 1 amide bonds. The summed E-state index contributed by atoms with van der Waals surface area (Å²) in [6.07, 6.45) is 4.25. The molecule has 0 saturated carbocycles. The second-order valence-corrected chi connectivity index (χ2v) is 4.64. The number of benzene rings is 1. The van der Waals surface area contributed by atoms with Crippen LogP contribution >= 0.6 is 0 Å². The molecule has 0 N–H and O–H groups in total. The average molecular weight is 272 g/mol. The molecule has 0 radical (unpaired) electrons. The lowest BCUT2D eigenvalue weighted by Gasteiger charge is -2.11. The van der Waals surface area contributed by atoms with Crippen LogP contribution in [0.4, 0.5) is 4.39 Å². The lowest BCUT2D eigenvalue weighted by molar-refractivity contribution is 0.0778. The second-order valence-electron chi connectivity index (χ2n) is 4.64. The molecule has 0 saturated heterocycles. The molecule has 0 aliphatic carbocycles. The van der Waals surface area contributed by atoms with Gasteiger partial charge in [-0.1, -0.05) is 6.07 Å². The average Bonchev–Trinajstić information content (AvgIpc) is 3.06. The van der Waals surface area contributed by atoms with E-state index in [1.165, 1.54) is 23.2 Å². The highest BCUT2D eigenvalue weighted by Crippen LogP contribution is 2.16. The van der Waals surface area contributed by atoms with Crippen LogP contribution < -0.4 is 0 Å². The van der Waals surface area contributed by atoms with E-state index >= 15 is 0 Å². The molecule has 1 aliphatic heterocycles. The third kappa shape index (κ3) is 2.32. The normalized spacial score (nSPS) is 14.5. The standard InChI is InChI=1S/C14H13FN4O/c1-18-9-11(8-16-18)13-5-6-19(17-13)14(20)10-3-2-4-12(15)7-10/h2-4,7-9H,5-6H2,1H3. The van der Waals surface area contributed by atoms with Crippen LogP contribution in [-0.4, -0.2) is 33.0 Å². The van der Waals surface area contributed by atoms with Crippen LogP contribution in [0.3, 0.4) is 0 Å². The SMILES string of the molecule is Cn1cc(C2=NN(C(=O)c3cccc(F)c3)CC2)cn1. The fourth-order valence-corrected chi connectivity index (χ4v) is 2.15. The third-order valence-corrected chi connectivity index (χ3v) is 3.15. The summed E-state index contributed by atoms with van der Waals surface area (Å²) < 4.78 is 14.8. The molecular formula is C14H13FN4O. The summed E-state index contributed by atoms with van der Waals surface area (Å²) in [5.74, 6) is -0.713. The molecule has 1 aromatic heterocycles. The minimum atomic E-state index is -0.425. The molecule has 0 spiro atoms. The van der Waals surface area contributed by atoms with Crippen LogP contribution in [0.5, 0.6) is 0 Å². The minimum absolute atomic E-state index is 0.289. The third-order valence-electron chi connectivity index (χ3n) is 3.15. The molecule has 0 bridgehead atoms. The highest BCUT2D eigenvalue weighted by atomic mass is 19.1. The van der Waals surface area contributed by atoms with Gasteiger partial charge in [-0.05, 0) is 18.2 Å². The summed E-state index contributed by atoms with van der Waals surface area (Å²) in [5.41, 5.74) is 2.03. The molecule has 0 atom stereocenters. The number of hydrogen-bond acceptors (Lipinski definition) is 3. The number of carbonyl (C=O) groups excluding carboxylic acids is 1. The lowest BCUT2D eigenvalue weighted by Crippen LogP contribution is -2.23. The Morgan fingerprint density at radius 2 is 2.25 bits per heavy atom. The first-order valence-electron chi connectivity index (χ1n) is 6.27. The summed E-state index contributed by atoms with van der Waals surface area (Å²) in [6, 6.07) is 5.64. The molecule has 2 aromatic rings. The fourth-order valence-electron chi connectivity index (χ4n) is 2.15. The summed E-state index contributed by atoms with van der Waals surface area (Å²) in [5, 5.41) is 9.76. The van der Waals surface area contributed by atoms with E-state index in [1.807, 2.05) is 13.2 Å². The number of aryl methyl sites for hydroxylation is 1. The molecule has 1 aliphatic rings. The first-order valence-corrected chi connectivity index (χ1v) is 6.27. The van der Waals surface area contributed by atoms with Crippen molar-refractivity contribution < 1.29 is 9.18 Å². The Morgan fingerprint density at radius 3 is 2.95 bits per heavy atom.